The van der Waals surface area contributed by atoms with Gasteiger partial charge in [0.2, 0.25) is 0 Å². The molecule has 0 aromatic rings. The summed E-state index contributed by atoms with van der Waals surface area (Å²) in [6.45, 7) is -0.269. The third-order valence-corrected chi connectivity index (χ3v) is 6.56. The highest BCUT2D eigenvalue weighted by atomic mass is 16.8. The smallest absolute Gasteiger partial charge is 0.187 e. The number of hydrogen-bond acceptors (Lipinski definition) is 16. The molecule has 16 nitrogen and oxygen atoms in total. The van der Waals surface area contributed by atoms with Crippen LogP contribution in [0.2, 0.25) is 0 Å². The maximum atomic E-state index is 11.0. The molecule has 3 rings (SSSR count). The molecule has 10 N–H and O–H groups in total. The van der Waals surface area contributed by atoms with Crippen LogP contribution in [-0.2, 0) is 28.4 Å². The van der Waals surface area contributed by atoms with Gasteiger partial charge in [-0.15, -0.1) is 0 Å². The van der Waals surface area contributed by atoms with Gasteiger partial charge in [-0.2, -0.15) is 0 Å². The summed E-state index contributed by atoms with van der Waals surface area (Å²) < 4.78 is 33.3. The molecule has 0 bridgehead atoms. The molecule has 0 aromatic carbocycles. The fourth-order valence-corrected chi connectivity index (χ4v) is 4.40. The first kappa shape index (κ1) is 30.9. The molecule has 15 atom stereocenters. The van der Waals surface area contributed by atoms with E-state index in [1.54, 1.807) is 6.92 Å². The van der Waals surface area contributed by atoms with Gasteiger partial charge in [-0.1, -0.05) is 6.92 Å². The van der Waals surface area contributed by atoms with E-state index in [2.05, 4.69) is 0 Å². The van der Waals surface area contributed by atoms with Crippen molar-refractivity contribution in [3.63, 3.8) is 0 Å². The van der Waals surface area contributed by atoms with Crippen LogP contribution >= 0.6 is 0 Å². The van der Waals surface area contributed by atoms with Crippen LogP contribution in [0.5, 0.6) is 0 Å². The standard InChI is InChI=1S/C21H38O16/c1-2-3-32-19-16(31)18(37-21-15(30)13(28)11(26)8(5-23)34-21)17(9(6-24)35-19)36-20-14(29)12(27)10(25)7(4-22)33-20/h7-31H,2-6H2,1H3/t7-,8-,9-,10-,11-,12+,13+,14+,15+,16+,17-,18-,19+,20-,21-/m1/s1. The van der Waals surface area contributed by atoms with Crippen molar-refractivity contribution in [3.05, 3.63) is 0 Å². The first-order chi connectivity index (χ1) is 17.6. The fourth-order valence-electron chi connectivity index (χ4n) is 4.40. The van der Waals surface area contributed by atoms with Crippen LogP contribution in [0.1, 0.15) is 13.3 Å². The Morgan fingerprint density at radius 1 is 0.514 bits per heavy atom. The van der Waals surface area contributed by atoms with Gasteiger partial charge in [0.1, 0.15) is 73.2 Å². The fraction of sp³-hybridized carbons (Fsp3) is 1.00. The van der Waals surface area contributed by atoms with E-state index in [0.717, 1.165) is 0 Å². The lowest BCUT2D eigenvalue weighted by Gasteiger charge is -2.49. The summed E-state index contributed by atoms with van der Waals surface area (Å²) in [5.41, 5.74) is 0. The van der Waals surface area contributed by atoms with Gasteiger partial charge < -0.3 is 79.5 Å². The third-order valence-electron chi connectivity index (χ3n) is 6.56. The lowest BCUT2D eigenvalue weighted by Crippen LogP contribution is -2.67. The van der Waals surface area contributed by atoms with Crippen molar-refractivity contribution >= 4 is 0 Å². The zero-order valence-electron chi connectivity index (χ0n) is 20.1. The Bertz CT molecular complexity index is 683. The van der Waals surface area contributed by atoms with E-state index >= 15 is 0 Å². The third kappa shape index (κ3) is 6.58. The van der Waals surface area contributed by atoms with Crippen LogP contribution in [-0.4, -0.2) is 170 Å². The molecular weight excluding hydrogens is 508 g/mol. The Kier molecular flexibility index (Phi) is 11.4. The molecule has 0 unspecified atom stereocenters. The van der Waals surface area contributed by atoms with Crippen LogP contribution < -0.4 is 0 Å². The minimum absolute atomic E-state index is 0.144. The molecule has 0 aromatic heterocycles. The largest absolute Gasteiger partial charge is 0.394 e. The van der Waals surface area contributed by atoms with Gasteiger partial charge in [0.05, 0.1) is 19.8 Å². The normalized spacial score (nSPS) is 49.2. The van der Waals surface area contributed by atoms with Crippen LogP contribution in [0.15, 0.2) is 0 Å². The molecule has 0 spiro atoms. The first-order valence-electron chi connectivity index (χ1n) is 12.1. The molecule has 0 saturated carbocycles. The summed E-state index contributed by atoms with van der Waals surface area (Å²) in [6, 6.07) is 0. The van der Waals surface area contributed by atoms with Gasteiger partial charge in [0.25, 0.3) is 0 Å². The number of rotatable bonds is 10. The molecule has 3 fully saturated rings. The maximum absolute atomic E-state index is 11.0. The van der Waals surface area contributed by atoms with Gasteiger partial charge in [0, 0.05) is 6.61 Å². The minimum atomic E-state index is -1.84. The predicted molar refractivity (Wildman–Crippen MR) is 115 cm³/mol. The second kappa shape index (κ2) is 13.6. The zero-order valence-corrected chi connectivity index (χ0v) is 20.1. The summed E-state index contributed by atoms with van der Waals surface area (Å²) >= 11 is 0. The van der Waals surface area contributed by atoms with E-state index in [1.165, 1.54) is 0 Å². The van der Waals surface area contributed by atoms with Crippen LogP contribution in [0, 0.1) is 0 Å². The van der Waals surface area contributed by atoms with Crippen LogP contribution in [0.25, 0.3) is 0 Å². The monoisotopic (exact) mass is 546 g/mol. The highest BCUT2D eigenvalue weighted by molar-refractivity contribution is 4.96. The van der Waals surface area contributed by atoms with Gasteiger partial charge in [0.15, 0.2) is 18.9 Å². The molecule has 3 saturated heterocycles. The van der Waals surface area contributed by atoms with Crippen molar-refractivity contribution in [2.75, 3.05) is 26.4 Å². The van der Waals surface area contributed by atoms with Crippen molar-refractivity contribution in [2.45, 2.75) is 105 Å². The minimum Gasteiger partial charge on any atom is -0.394 e. The summed E-state index contributed by atoms with van der Waals surface area (Å²) in [7, 11) is 0. The summed E-state index contributed by atoms with van der Waals surface area (Å²) in [5, 5.41) is 101. The molecular formula is C21H38O16. The summed E-state index contributed by atoms with van der Waals surface area (Å²) in [5.74, 6) is 0. The van der Waals surface area contributed by atoms with Crippen LogP contribution in [0.4, 0.5) is 0 Å². The zero-order chi connectivity index (χ0) is 27.4. The molecule has 218 valence electrons. The van der Waals surface area contributed by atoms with Gasteiger partial charge in [-0.05, 0) is 6.42 Å². The molecule has 0 aliphatic carbocycles. The average Bonchev–Trinajstić information content (AvgIpc) is 2.90. The Labute approximate surface area is 212 Å². The maximum Gasteiger partial charge on any atom is 0.187 e. The molecule has 3 aliphatic rings. The molecule has 16 heteroatoms. The van der Waals surface area contributed by atoms with E-state index in [9.17, 15) is 51.1 Å². The number of hydrogen-bond donors (Lipinski definition) is 10. The summed E-state index contributed by atoms with van der Waals surface area (Å²) in [6.07, 6.45) is -23.5. The van der Waals surface area contributed by atoms with E-state index in [-0.39, 0.29) is 6.61 Å². The van der Waals surface area contributed by atoms with Crippen molar-refractivity contribution < 1.29 is 79.5 Å². The SMILES string of the molecule is CCCO[C@H]1O[C@H](CO)[C@@H](O[C@H]2O[C@H](CO)[C@@H](O)[C@H](O)[C@@H]2O)[C@H](O[C@H]2O[C@H](CO)[C@@H](O)[C@H](O)[C@@H]2O)[C@@H]1O. The Balaban J connectivity index is 1.88. The van der Waals surface area contributed by atoms with Crippen LogP contribution in [0.3, 0.4) is 0 Å². The first-order valence-corrected chi connectivity index (χ1v) is 12.1. The molecule has 0 amide bonds. The summed E-state index contributed by atoms with van der Waals surface area (Å²) in [4.78, 5) is 0. The molecule has 3 aliphatic heterocycles. The van der Waals surface area contributed by atoms with E-state index in [4.69, 9.17) is 28.4 Å². The van der Waals surface area contributed by atoms with E-state index < -0.39 is 112 Å². The second-order valence-corrected chi connectivity index (χ2v) is 9.18. The van der Waals surface area contributed by atoms with E-state index in [1.807, 2.05) is 0 Å². The lowest BCUT2D eigenvalue weighted by molar-refractivity contribution is -0.387. The Morgan fingerprint density at radius 3 is 1.38 bits per heavy atom. The Hall–Kier alpha value is -0.640. The van der Waals surface area contributed by atoms with Crippen molar-refractivity contribution in [1.82, 2.24) is 0 Å². The highest BCUT2D eigenvalue weighted by Crippen LogP contribution is 2.33. The van der Waals surface area contributed by atoms with Crippen molar-refractivity contribution in [1.29, 1.82) is 0 Å². The second-order valence-electron chi connectivity index (χ2n) is 9.18. The van der Waals surface area contributed by atoms with Gasteiger partial charge in [-0.3, -0.25) is 0 Å². The molecule has 3 heterocycles. The topological polar surface area (TPSA) is 258 Å². The predicted octanol–water partition coefficient (Wildman–Crippen LogP) is -6.14. The molecule has 0 radical (unpaired) electrons. The van der Waals surface area contributed by atoms with Gasteiger partial charge >= 0.3 is 0 Å². The van der Waals surface area contributed by atoms with Crippen molar-refractivity contribution in [2.24, 2.45) is 0 Å². The molecule has 37 heavy (non-hydrogen) atoms. The average molecular weight is 547 g/mol. The van der Waals surface area contributed by atoms with Crippen molar-refractivity contribution in [3.8, 4) is 0 Å². The van der Waals surface area contributed by atoms with E-state index in [0.29, 0.717) is 6.42 Å². The van der Waals surface area contributed by atoms with Gasteiger partial charge in [-0.25, -0.2) is 0 Å². The Morgan fingerprint density at radius 2 is 0.946 bits per heavy atom. The highest BCUT2D eigenvalue weighted by Gasteiger charge is 2.54. The quantitative estimate of drug-likeness (QED) is 0.122. The number of ether oxygens (including phenoxy) is 6. The lowest BCUT2D eigenvalue weighted by atomic mass is 9.96. The number of aliphatic hydroxyl groups is 10. The number of aliphatic hydroxyl groups excluding tert-OH is 10.